The topological polar surface area (TPSA) is 57.6 Å². The summed E-state index contributed by atoms with van der Waals surface area (Å²) >= 11 is 0. The minimum atomic E-state index is -0.883. The highest BCUT2D eigenvalue weighted by molar-refractivity contribution is 5.81. The molecule has 0 bridgehead atoms. The molecule has 0 atom stereocenters. The van der Waals surface area contributed by atoms with Gasteiger partial charge in [0, 0.05) is 12.5 Å². The SMILES string of the molecule is O=C(O)CN(C(=O)CC1CCCCCC1)C1CCCC1. The van der Waals surface area contributed by atoms with Crippen LogP contribution in [0.5, 0.6) is 0 Å². The minimum Gasteiger partial charge on any atom is -0.480 e. The van der Waals surface area contributed by atoms with Crippen molar-refractivity contribution in [3.05, 3.63) is 0 Å². The zero-order chi connectivity index (χ0) is 14.4. The third-order valence-electron chi connectivity index (χ3n) is 4.83. The van der Waals surface area contributed by atoms with Crippen LogP contribution >= 0.6 is 0 Å². The molecule has 0 aromatic heterocycles. The normalized spacial score (nSPS) is 21.6. The number of rotatable bonds is 5. The van der Waals surface area contributed by atoms with Crippen LogP contribution in [0.3, 0.4) is 0 Å². The van der Waals surface area contributed by atoms with Gasteiger partial charge in [-0.1, -0.05) is 38.5 Å². The Balaban J connectivity index is 1.92. The summed E-state index contributed by atoms with van der Waals surface area (Å²) in [5, 5.41) is 9.05. The van der Waals surface area contributed by atoms with Gasteiger partial charge in [-0.05, 0) is 31.6 Å². The Morgan fingerprint density at radius 2 is 1.45 bits per heavy atom. The third-order valence-corrected chi connectivity index (χ3v) is 4.83. The molecule has 2 rings (SSSR count). The van der Waals surface area contributed by atoms with E-state index in [-0.39, 0.29) is 18.5 Å². The summed E-state index contributed by atoms with van der Waals surface area (Å²) < 4.78 is 0. The Hall–Kier alpha value is -1.06. The number of carboxylic acids is 1. The Morgan fingerprint density at radius 3 is 2.00 bits per heavy atom. The first-order chi connectivity index (χ1) is 9.66. The van der Waals surface area contributed by atoms with Gasteiger partial charge in [0.2, 0.25) is 5.91 Å². The Bertz CT molecular complexity index is 329. The average molecular weight is 281 g/mol. The van der Waals surface area contributed by atoms with Crippen LogP contribution in [0.2, 0.25) is 0 Å². The van der Waals surface area contributed by atoms with E-state index >= 15 is 0 Å². The quantitative estimate of drug-likeness (QED) is 0.787. The molecule has 2 fully saturated rings. The molecule has 20 heavy (non-hydrogen) atoms. The lowest BCUT2D eigenvalue weighted by Gasteiger charge is -2.29. The highest BCUT2D eigenvalue weighted by Gasteiger charge is 2.29. The maximum Gasteiger partial charge on any atom is 0.323 e. The van der Waals surface area contributed by atoms with E-state index in [1.165, 1.54) is 25.7 Å². The molecule has 0 saturated heterocycles. The zero-order valence-electron chi connectivity index (χ0n) is 12.4. The summed E-state index contributed by atoms with van der Waals surface area (Å²) in [6, 6.07) is 0.171. The molecule has 2 aliphatic carbocycles. The molecular weight excluding hydrogens is 254 g/mol. The zero-order valence-corrected chi connectivity index (χ0v) is 12.4. The van der Waals surface area contributed by atoms with Crippen molar-refractivity contribution in [2.45, 2.75) is 76.7 Å². The van der Waals surface area contributed by atoms with Crippen molar-refractivity contribution in [2.24, 2.45) is 5.92 Å². The van der Waals surface area contributed by atoms with E-state index in [0.717, 1.165) is 38.5 Å². The second-order valence-corrected chi connectivity index (χ2v) is 6.42. The van der Waals surface area contributed by atoms with E-state index in [0.29, 0.717) is 12.3 Å². The van der Waals surface area contributed by atoms with Gasteiger partial charge in [-0.15, -0.1) is 0 Å². The van der Waals surface area contributed by atoms with Crippen molar-refractivity contribution in [3.8, 4) is 0 Å². The number of aliphatic carboxylic acids is 1. The summed E-state index contributed by atoms with van der Waals surface area (Å²) in [6.07, 6.45) is 12.0. The van der Waals surface area contributed by atoms with E-state index < -0.39 is 5.97 Å². The highest BCUT2D eigenvalue weighted by atomic mass is 16.4. The number of carboxylic acid groups (broad SMARTS) is 1. The van der Waals surface area contributed by atoms with E-state index in [2.05, 4.69) is 0 Å². The smallest absolute Gasteiger partial charge is 0.323 e. The second kappa shape index (κ2) is 7.65. The van der Waals surface area contributed by atoms with Crippen molar-refractivity contribution < 1.29 is 14.7 Å². The van der Waals surface area contributed by atoms with Crippen LogP contribution in [0.15, 0.2) is 0 Å². The molecule has 0 radical (unpaired) electrons. The van der Waals surface area contributed by atoms with Gasteiger partial charge in [-0.25, -0.2) is 0 Å². The Morgan fingerprint density at radius 1 is 0.900 bits per heavy atom. The molecule has 0 spiro atoms. The molecule has 0 unspecified atom stereocenters. The molecule has 0 aliphatic heterocycles. The largest absolute Gasteiger partial charge is 0.480 e. The van der Waals surface area contributed by atoms with Crippen LogP contribution in [0.25, 0.3) is 0 Å². The molecule has 114 valence electrons. The summed E-state index contributed by atoms with van der Waals surface area (Å²) in [4.78, 5) is 25.2. The monoisotopic (exact) mass is 281 g/mol. The van der Waals surface area contributed by atoms with Gasteiger partial charge in [0.25, 0.3) is 0 Å². The molecule has 4 nitrogen and oxygen atoms in total. The lowest BCUT2D eigenvalue weighted by Crippen LogP contribution is -2.42. The maximum absolute atomic E-state index is 12.5. The predicted molar refractivity (Wildman–Crippen MR) is 77.4 cm³/mol. The second-order valence-electron chi connectivity index (χ2n) is 6.42. The first-order valence-corrected chi connectivity index (χ1v) is 8.18. The molecule has 1 amide bonds. The number of amides is 1. The first-order valence-electron chi connectivity index (χ1n) is 8.18. The van der Waals surface area contributed by atoms with Crippen molar-refractivity contribution in [2.75, 3.05) is 6.54 Å². The van der Waals surface area contributed by atoms with Gasteiger partial charge in [0.05, 0.1) is 0 Å². The number of hydrogen-bond donors (Lipinski definition) is 1. The van der Waals surface area contributed by atoms with Crippen LogP contribution in [0, 0.1) is 5.92 Å². The van der Waals surface area contributed by atoms with Gasteiger partial charge < -0.3 is 10.0 Å². The van der Waals surface area contributed by atoms with Crippen LogP contribution in [-0.4, -0.2) is 34.5 Å². The van der Waals surface area contributed by atoms with Crippen molar-refractivity contribution in [3.63, 3.8) is 0 Å². The fourth-order valence-electron chi connectivity index (χ4n) is 3.71. The van der Waals surface area contributed by atoms with Crippen LogP contribution < -0.4 is 0 Å². The lowest BCUT2D eigenvalue weighted by molar-refractivity contribution is -0.146. The van der Waals surface area contributed by atoms with Crippen molar-refractivity contribution >= 4 is 11.9 Å². The molecule has 1 N–H and O–H groups in total. The van der Waals surface area contributed by atoms with Gasteiger partial charge in [0.1, 0.15) is 6.54 Å². The number of hydrogen-bond acceptors (Lipinski definition) is 2. The standard InChI is InChI=1S/C16H27NO3/c18-15(11-13-7-3-1-2-4-8-13)17(12-16(19)20)14-9-5-6-10-14/h13-14H,1-12H2,(H,19,20). The average Bonchev–Trinajstić information content (AvgIpc) is 2.81. The summed E-state index contributed by atoms with van der Waals surface area (Å²) in [7, 11) is 0. The van der Waals surface area contributed by atoms with Gasteiger partial charge in [-0.2, -0.15) is 0 Å². The molecule has 2 aliphatic rings. The van der Waals surface area contributed by atoms with Crippen LogP contribution in [-0.2, 0) is 9.59 Å². The molecule has 0 aromatic carbocycles. The molecular formula is C16H27NO3. The lowest BCUT2D eigenvalue weighted by atomic mass is 9.95. The van der Waals surface area contributed by atoms with Crippen molar-refractivity contribution in [1.29, 1.82) is 0 Å². The highest BCUT2D eigenvalue weighted by Crippen LogP contribution is 2.28. The molecule has 2 saturated carbocycles. The van der Waals surface area contributed by atoms with Gasteiger partial charge in [-0.3, -0.25) is 9.59 Å². The summed E-state index contributed by atoms with van der Waals surface area (Å²) in [5.41, 5.74) is 0. The first kappa shape index (κ1) is 15.3. The fourth-order valence-corrected chi connectivity index (χ4v) is 3.71. The molecule has 0 aromatic rings. The van der Waals surface area contributed by atoms with Crippen molar-refractivity contribution in [1.82, 2.24) is 4.90 Å². The number of carbonyl (C=O) groups excluding carboxylic acids is 1. The Kier molecular flexibility index (Phi) is 5.86. The van der Waals surface area contributed by atoms with E-state index in [4.69, 9.17) is 5.11 Å². The van der Waals surface area contributed by atoms with Crippen LogP contribution in [0.1, 0.15) is 70.6 Å². The fraction of sp³-hybridized carbons (Fsp3) is 0.875. The van der Waals surface area contributed by atoms with Crippen LogP contribution in [0.4, 0.5) is 0 Å². The summed E-state index contributed by atoms with van der Waals surface area (Å²) in [5.74, 6) is -0.333. The van der Waals surface area contributed by atoms with E-state index in [1.54, 1.807) is 4.90 Å². The predicted octanol–water partition coefficient (Wildman–Crippen LogP) is 3.20. The number of nitrogens with zero attached hydrogens (tertiary/aromatic N) is 1. The minimum absolute atomic E-state index is 0.0752. The summed E-state index contributed by atoms with van der Waals surface area (Å²) in [6.45, 7) is -0.115. The maximum atomic E-state index is 12.5. The molecule has 4 heteroatoms. The third kappa shape index (κ3) is 4.50. The van der Waals surface area contributed by atoms with E-state index in [1.807, 2.05) is 0 Å². The van der Waals surface area contributed by atoms with Gasteiger partial charge >= 0.3 is 5.97 Å². The number of carbonyl (C=O) groups is 2. The Labute approximate surface area is 121 Å². The van der Waals surface area contributed by atoms with E-state index in [9.17, 15) is 9.59 Å². The molecule has 0 heterocycles. The van der Waals surface area contributed by atoms with Gasteiger partial charge in [0.15, 0.2) is 0 Å².